The number of alkyl halides is 3. The summed E-state index contributed by atoms with van der Waals surface area (Å²) >= 11 is 0. The van der Waals surface area contributed by atoms with E-state index >= 15 is 0 Å². The fraction of sp³-hybridized carbons (Fsp3) is 0.571. The second-order valence-electron chi connectivity index (χ2n) is 5.16. The van der Waals surface area contributed by atoms with E-state index in [1.54, 1.807) is 0 Å². The van der Waals surface area contributed by atoms with Crippen molar-refractivity contribution in [2.75, 3.05) is 20.8 Å². The van der Waals surface area contributed by atoms with Gasteiger partial charge >= 0.3 is 6.18 Å². The highest BCUT2D eigenvalue weighted by molar-refractivity contribution is 5.40. The SMILES string of the molecule is COc1c([C@@H]2CO[C@@](C)(C(F)(F)F)[C@H]2OC)ccc(F)c1F. The molecule has 1 heterocycles. The average molecular weight is 326 g/mol. The van der Waals surface area contributed by atoms with Gasteiger partial charge in [0.1, 0.15) is 6.10 Å². The lowest BCUT2D eigenvalue weighted by atomic mass is 9.86. The van der Waals surface area contributed by atoms with Crippen LogP contribution >= 0.6 is 0 Å². The van der Waals surface area contributed by atoms with E-state index in [0.717, 1.165) is 27.2 Å². The first-order valence-corrected chi connectivity index (χ1v) is 6.42. The van der Waals surface area contributed by atoms with Crippen LogP contribution in [-0.4, -0.2) is 38.7 Å². The fourth-order valence-corrected chi connectivity index (χ4v) is 2.75. The number of benzene rings is 1. The summed E-state index contributed by atoms with van der Waals surface area (Å²) in [5, 5.41) is 0. The van der Waals surface area contributed by atoms with Crippen molar-refractivity contribution in [3.05, 3.63) is 29.3 Å². The molecule has 0 bridgehead atoms. The van der Waals surface area contributed by atoms with Crippen LogP contribution in [0.2, 0.25) is 0 Å². The van der Waals surface area contributed by atoms with Gasteiger partial charge in [0.25, 0.3) is 0 Å². The lowest BCUT2D eigenvalue weighted by Gasteiger charge is -2.33. The van der Waals surface area contributed by atoms with E-state index in [-0.39, 0.29) is 12.2 Å². The zero-order valence-corrected chi connectivity index (χ0v) is 12.1. The second-order valence-corrected chi connectivity index (χ2v) is 5.16. The fourth-order valence-electron chi connectivity index (χ4n) is 2.75. The minimum absolute atomic E-state index is 0.0706. The van der Waals surface area contributed by atoms with Crippen LogP contribution in [0.4, 0.5) is 22.0 Å². The monoisotopic (exact) mass is 326 g/mol. The van der Waals surface area contributed by atoms with E-state index in [1.807, 2.05) is 0 Å². The second kappa shape index (κ2) is 5.66. The molecule has 3 nitrogen and oxygen atoms in total. The Morgan fingerprint density at radius 3 is 2.36 bits per heavy atom. The molecule has 1 aliphatic heterocycles. The highest BCUT2D eigenvalue weighted by Gasteiger charge is 2.64. The van der Waals surface area contributed by atoms with E-state index in [0.29, 0.717) is 0 Å². The molecule has 1 saturated heterocycles. The zero-order chi connectivity index (χ0) is 16.7. The highest BCUT2D eigenvalue weighted by atomic mass is 19.4. The first kappa shape index (κ1) is 17.0. The molecule has 0 aromatic heterocycles. The van der Waals surface area contributed by atoms with Gasteiger partial charge in [-0.05, 0) is 13.0 Å². The summed E-state index contributed by atoms with van der Waals surface area (Å²) in [6.45, 7) is 0.517. The molecule has 0 radical (unpaired) electrons. The lowest BCUT2D eigenvalue weighted by molar-refractivity contribution is -0.278. The molecule has 0 N–H and O–H groups in total. The molecule has 0 spiro atoms. The molecule has 0 saturated carbocycles. The van der Waals surface area contributed by atoms with Crippen LogP contribution in [0.1, 0.15) is 18.4 Å². The van der Waals surface area contributed by atoms with E-state index in [4.69, 9.17) is 14.2 Å². The Hall–Kier alpha value is -1.41. The molecule has 0 amide bonds. The Balaban J connectivity index is 2.49. The van der Waals surface area contributed by atoms with Gasteiger partial charge in [0.15, 0.2) is 17.2 Å². The molecule has 2 rings (SSSR count). The number of hydrogen-bond acceptors (Lipinski definition) is 3. The quantitative estimate of drug-likeness (QED) is 0.797. The molecule has 0 unspecified atom stereocenters. The Morgan fingerprint density at radius 2 is 1.86 bits per heavy atom. The van der Waals surface area contributed by atoms with Gasteiger partial charge in [-0.3, -0.25) is 0 Å². The molecule has 124 valence electrons. The van der Waals surface area contributed by atoms with Crippen molar-refractivity contribution in [2.45, 2.75) is 30.7 Å². The van der Waals surface area contributed by atoms with Gasteiger partial charge < -0.3 is 14.2 Å². The van der Waals surface area contributed by atoms with Crippen molar-refractivity contribution in [1.29, 1.82) is 0 Å². The van der Waals surface area contributed by atoms with Crippen LogP contribution in [0.3, 0.4) is 0 Å². The smallest absolute Gasteiger partial charge is 0.419 e. The molecule has 1 aromatic rings. The minimum Gasteiger partial charge on any atom is -0.493 e. The molecule has 22 heavy (non-hydrogen) atoms. The maximum absolute atomic E-state index is 13.8. The van der Waals surface area contributed by atoms with E-state index < -0.39 is 41.2 Å². The predicted octanol–water partition coefficient (Wildman–Crippen LogP) is 3.42. The summed E-state index contributed by atoms with van der Waals surface area (Å²) in [5.74, 6) is -3.79. The summed E-state index contributed by atoms with van der Waals surface area (Å²) in [5.41, 5.74) is -2.47. The van der Waals surface area contributed by atoms with Gasteiger partial charge in [0, 0.05) is 18.6 Å². The first-order chi connectivity index (χ1) is 10.2. The van der Waals surface area contributed by atoms with E-state index in [2.05, 4.69) is 0 Å². The molecule has 1 aliphatic rings. The maximum Gasteiger partial charge on any atom is 0.419 e. The first-order valence-electron chi connectivity index (χ1n) is 6.42. The van der Waals surface area contributed by atoms with E-state index in [1.165, 1.54) is 6.07 Å². The Morgan fingerprint density at radius 1 is 1.23 bits per heavy atom. The molecule has 3 atom stereocenters. The third-order valence-corrected chi connectivity index (χ3v) is 3.97. The van der Waals surface area contributed by atoms with Crippen molar-refractivity contribution < 1.29 is 36.2 Å². The van der Waals surface area contributed by atoms with Crippen LogP contribution in [0.15, 0.2) is 12.1 Å². The Bertz CT molecular complexity index is 560. The van der Waals surface area contributed by atoms with Crippen LogP contribution < -0.4 is 4.74 Å². The maximum atomic E-state index is 13.8. The third kappa shape index (κ3) is 2.44. The summed E-state index contributed by atoms with van der Waals surface area (Å²) in [6, 6.07) is 2.02. The lowest BCUT2D eigenvalue weighted by Crippen LogP contribution is -2.51. The number of hydrogen-bond donors (Lipinski definition) is 0. The molecule has 1 aromatic carbocycles. The van der Waals surface area contributed by atoms with Crippen molar-refractivity contribution in [3.8, 4) is 5.75 Å². The molecule has 8 heteroatoms. The minimum atomic E-state index is -4.67. The molecule has 0 aliphatic carbocycles. The summed E-state index contributed by atoms with van der Waals surface area (Å²) in [6.07, 6.45) is -6.08. The summed E-state index contributed by atoms with van der Waals surface area (Å²) < 4.78 is 81.4. The van der Waals surface area contributed by atoms with Crippen molar-refractivity contribution in [2.24, 2.45) is 0 Å². The number of rotatable bonds is 3. The van der Waals surface area contributed by atoms with Gasteiger partial charge in [-0.25, -0.2) is 4.39 Å². The molecular formula is C14H15F5O3. The molecule has 1 fully saturated rings. The summed E-state index contributed by atoms with van der Waals surface area (Å²) in [7, 11) is 2.23. The largest absolute Gasteiger partial charge is 0.493 e. The van der Waals surface area contributed by atoms with Crippen LogP contribution in [0, 0.1) is 11.6 Å². The number of halogens is 5. The average Bonchev–Trinajstić information content (AvgIpc) is 2.79. The van der Waals surface area contributed by atoms with Gasteiger partial charge in [-0.1, -0.05) is 6.07 Å². The normalized spacial score (nSPS) is 28.9. The van der Waals surface area contributed by atoms with Crippen molar-refractivity contribution >= 4 is 0 Å². The molecular weight excluding hydrogens is 311 g/mol. The zero-order valence-electron chi connectivity index (χ0n) is 12.1. The van der Waals surface area contributed by atoms with Gasteiger partial charge in [-0.2, -0.15) is 17.6 Å². The van der Waals surface area contributed by atoms with Gasteiger partial charge in [0.2, 0.25) is 5.82 Å². The van der Waals surface area contributed by atoms with Crippen LogP contribution in [0.5, 0.6) is 5.75 Å². The van der Waals surface area contributed by atoms with Crippen LogP contribution in [-0.2, 0) is 9.47 Å². The third-order valence-electron chi connectivity index (χ3n) is 3.97. The standard InChI is InChI=1S/C14H15F5O3/c1-13(14(17,18)19)12(21-3)8(6-22-13)7-4-5-9(15)10(16)11(7)20-2/h4-5,8,12H,6H2,1-3H3/t8-,12-,13+/m0/s1. The topological polar surface area (TPSA) is 27.7 Å². The van der Waals surface area contributed by atoms with E-state index in [9.17, 15) is 22.0 Å². The highest BCUT2D eigenvalue weighted by Crippen LogP contribution is 2.49. The van der Waals surface area contributed by atoms with Crippen LogP contribution in [0.25, 0.3) is 0 Å². The predicted molar refractivity (Wildman–Crippen MR) is 66.9 cm³/mol. The number of methoxy groups -OCH3 is 2. The summed E-state index contributed by atoms with van der Waals surface area (Å²) in [4.78, 5) is 0. The van der Waals surface area contributed by atoms with Crippen molar-refractivity contribution in [1.82, 2.24) is 0 Å². The van der Waals surface area contributed by atoms with Crippen molar-refractivity contribution in [3.63, 3.8) is 0 Å². The Kier molecular flexibility index (Phi) is 4.36. The van der Waals surface area contributed by atoms with Gasteiger partial charge in [-0.15, -0.1) is 0 Å². The van der Waals surface area contributed by atoms with Gasteiger partial charge in [0.05, 0.1) is 13.7 Å². The Labute approximate surface area is 124 Å². The number of ether oxygens (including phenoxy) is 3.